The molecule has 0 saturated carbocycles. The Morgan fingerprint density at radius 3 is 2.68 bits per heavy atom. The van der Waals surface area contributed by atoms with Crippen LogP contribution >= 0.6 is 0 Å². The number of benzene rings is 1. The van der Waals surface area contributed by atoms with Gasteiger partial charge in [-0.15, -0.1) is 0 Å². The smallest absolute Gasteiger partial charge is 0.335 e. The van der Waals surface area contributed by atoms with Crippen molar-refractivity contribution in [1.29, 1.82) is 0 Å². The number of rotatable bonds is 4. The zero-order valence-corrected chi connectivity index (χ0v) is 10.5. The van der Waals surface area contributed by atoms with Gasteiger partial charge in [-0.05, 0) is 24.7 Å². The van der Waals surface area contributed by atoms with Gasteiger partial charge in [-0.3, -0.25) is 4.79 Å². The van der Waals surface area contributed by atoms with Crippen molar-refractivity contribution in [2.75, 3.05) is 12.4 Å². The van der Waals surface area contributed by atoms with Crippen LogP contribution in [0.3, 0.4) is 0 Å². The van der Waals surface area contributed by atoms with E-state index < -0.39 is 5.63 Å². The largest absolute Gasteiger partial charge is 0.430 e. The molecule has 0 fully saturated rings. The molecule has 0 atom stereocenters. The Hall–Kier alpha value is -2.40. The lowest BCUT2D eigenvalue weighted by Gasteiger charge is -2.10. The van der Waals surface area contributed by atoms with E-state index in [1.165, 1.54) is 12.1 Å². The summed E-state index contributed by atoms with van der Waals surface area (Å²) in [6.45, 7) is 0.653. The Morgan fingerprint density at radius 1 is 1.21 bits per heavy atom. The van der Waals surface area contributed by atoms with E-state index in [9.17, 15) is 9.59 Å². The molecule has 0 unspecified atom stereocenters. The molecular formula is C14H14N2O3. The molecule has 5 heteroatoms. The topological polar surface area (TPSA) is 71.3 Å². The van der Waals surface area contributed by atoms with Gasteiger partial charge >= 0.3 is 5.63 Å². The first-order valence-electron chi connectivity index (χ1n) is 5.83. The molecule has 1 aromatic heterocycles. The molecule has 5 nitrogen and oxygen atoms in total. The average Bonchev–Trinajstić information content (AvgIpc) is 2.42. The minimum absolute atomic E-state index is 0.305. The quantitative estimate of drug-likeness (QED) is 0.874. The minimum atomic E-state index is -0.480. The molecule has 2 aromatic rings. The Bertz CT molecular complexity index is 614. The van der Waals surface area contributed by atoms with Crippen LogP contribution in [0.2, 0.25) is 0 Å². The third-order valence-corrected chi connectivity index (χ3v) is 2.60. The lowest BCUT2D eigenvalue weighted by molar-refractivity contribution is 0.102. The Morgan fingerprint density at radius 2 is 2.00 bits per heavy atom. The van der Waals surface area contributed by atoms with Crippen molar-refractivity contribution < 1.29 is 9.21 Å². The van der Waals surface area contributed by atoms with Gasteiger partial charge in [0.1, 0.15) is 6.26 Å². The van der Waals surface area contributed by atoms with Crippen molar-refractivity contribution in [3.8, 4) is 0 Å². The second-order valence-electron chi connectivity index (χ2n) is 3.99. The molecule has 19 heavy (non-hydrogen) atoms. The van der Waals surface area contributed by atoms with Gasteiger partial charge in [0.25, 0.3) is 5.91 Å². The van der Waals surface area contributed by atoms with Crippen LogP contribution in [-0.4, -0.2) is 13.0 Å². The van der Waals surface area contributed by atoms with Crippen LogP contribution in [0, 0.1) is 0 Å². The summed E-state index contributed by atoms with van der Waals surface area (Å²) in [7, 11) is 1.84. The summed E-state index contributed by atoms with van der Waals surface area (Å²) in [5, 5.41) is 5.82. The first-order chi connectivity index (χ1) is 9.20. The van der Waals surface area contributed by atoms with Gasteiger partial charge < -0.3 is 15.1 Å². The molecule has 98 valence electrons. The van der Waals surface area contributed by atoms with Crippen molar-refractivity contribution in [3.63, 3.8) is 0 Å². The highest BCUT2D eigenvalue weighted by atomic mass is 16.4. The Kier molecular flexibility index (Phi) is 4.10. The molecule has 2 rings (SSSR count). The van der Waals surface area contributed by atoms with E-state index in [-0.39, 0.29) is 5.91 Å². The van der Waals surface area contributed by atoms with Crippen molar-refractivity contribution in [2.45, 2.75) is 6.54 Å². The molecule has 0 saturated heterocycles. The van der Waals surface area contributed by atoms with Crippen LogP contribution in [0.1, 0.15) is 15.9 Å². The number of hydrogen-bond donors (Lipinski definition) is 2. The third kappa shape index (κ3) is 3.29. The minimum Gasteiger partial charge on any atom is -0.430 e. The van der Waals surface area contributed by atoms with Gasteiger partial charge in [0.2, 0.25) is 0 Å². The predicted octanol–water partition coefficient (Wildman–Crippen LogP) is 1.61. The number of carbonyl (C=O) groups is 1. The molecule has 0 spiro atoms. The summed E-state index contributed by atoms with van der Waals surface area (Å²) in [4.78, 5) is 22.8. The van der Waals surface area contributed by atoms with E-state index in [1.54, 1.807) is 0 Å². The van der Waals surface area contributed by atoms with Gasteiger partial charge in [-0.25, -0.2) is 4.79 Å². The van der Waals surface area contributed by atoms with E-state index in [1.807, 2.05) is 31.3 Å². The number of amides is 1. The first kappa shape index (κ1) is 13.0. The van der Waals surface area contributed by atoms with Crippen LogP contribution in [0.4, 0.5) is 5.69 Å². The lowest BCUT2D eigenvalue weighted by atomic mass is 10.1. The van der Waals surface area contributed by atoms with E-state index in [4.69, 9.17) is 0 Å². The predicted molar refractivity (Wildman–Crippen MR) is 72.1 cm³/mol. The molecule has 0 radical (unpaired) electrons. The normalized spacial score (nSPS) is 10.2. The number of nitrogens with one attached hydrogen (secondary N) is 2. The van der Waals surface area contributed by atoms with Gasteiger partial charge in [0.15, 0.2) is 0 Å². The maximum atomic E-state index is 12.0. The van der Waals surface area contributed by atoms with E-state index in [2.05, 4.69) is 15.1 Å². The highest BCUT2D eigenvalue weighted by Gasteiger charge is 2.09. The SMILES string of the molecule is CNCc1ccccc1NC(=O)c1ccc(=O)oc1. The fourth-order valence-electron chi connectivity index (χ4n) is 1.67. The van der Waals surface area contributed by atoms with Crippen LogP contribution < -0.4 is 16.3 Å². The molecule has 0 aliphatic carbocycles. The van der Waals surface area contributed by atoms with Gasteiger partial charge in [0.05, 0.1) is 5.56 Å². The van der Waals surface area contributed by atoms with Crippen LogP contribution in [0.5, 0.6) is 0 Å². The van der Waals surface area contributed by atoms with E-state index in [0.29, 0.717) is 12.1 Å². The molecule has 1 heterocycles. The lowest BCUT2D eigenvalue weighted by Crippen LogP contribution is -2.15. The van der Waals surface area contributed by atoms with Crippen molar-refractivity contribution in [1.82, 2.24) is 5.32 Å². The molecule has 1 amide bonds. The standard InChI is InChI=1S/C14H14N2O3/c1-15-8-10-4-2-3-5-12(10)16-14(18)11-6-7-13(17)19-9-11/h2-7,9,15H,8H2,1H3,(H,16,18). The second-order valence-corrected chi connectivity index (χ2v) is 3.99. The Labute approximate surface area is 110 Å². The van der Waals surface area contributed by atoms with Crippen LogP contribution in [0.15, 0.2) is 51.9 Å². The summed E-state index contributed by atoms with van der Waals surface area (Å²) in [5.74, 6) is -0.313. The van der Waals surface area contributed by atoms with Crippen LogP contribution in [-0.2, 0) is 6.54 Å². The molecular weight excluding hydrogens is 244 g/mol. The van der Waals surface area contributed by atoms with Crippen LogP contribution in [0.25, 0.3) is 0 Å². The molecule has 0 aliphatic rings. The van der Waals surface area contributed by atoms with Crippen molar-refractivity contribution in [3.05, 3.63) is 64.2 Å². The number of hydrogen-bond acceptors (Lipinski definition) is 4. The average molecular weight is 258 g/mol. The van der Waals surface area contributed by atoms with Gasteiger partial charge in [0, 0.05) is 18.3 Å². The van der Waals surface area contributed by atoms with Crippen molar-refractivity contribution in [2.24, 2.45) is 0 Å². The second kappa shape index (κ2) is 5.97. The maximum absolute atomic E-state index is 12.0. The van der Waals surface area contributed by atoms with E-state index in [0.717, 1.165) is 17.5 Å². The first-order valence-corrected chi connectivity index (χ1v) is 5.83. The molecule has 2 N–H and O–H groups in total. The summed E-state index contributed by atoms with van der Waals surface area (Å²) >= 11 is 0. The van der Waals surface area contributed by atoms with E-state index >= 15 is 0 Å². The fraction of sp³-hybridized carbons (Fsp3) is 0.143. The summed E-state index contributed by atoms with van der Waals surface area (Å²) in [5.41, 5.74) is 1.54. The van der Waals surface area contributed by atoms with Gasteiger partial charge in [-0.2, -0.15) is 0 Å². The zero-order valence-electron chi connectivity index (χ0n) is 10.5. The van der Waals surface area contributed by atoms with Gasteiger partial charge in [-0.1, -0.05) is 18.2 Å². The number of para-hydroxylation sites is 1. The monoisotopic (exact) mass is 258 g/mol. The molecule has 1 aromatic carbocycles. The fourth-order valence-corrected chi connectivity index (χ4v) is 1.67. The number of anilines is 1. The Balaban J connectivity index is 2.19. The maximum Gasteiger partial charge on any atom is 0.335 e. The highest BCUT2D eigenvalue weighted by molar-refractivity contribution is 6.04. The molecule has 0 bridgehead atoms. The summed E-state index contributed by atoms with van der Waals surface area (Å²) in [6, 6.07) is 10.2. The summed E-state index contributed by atoms with van der Waals surface area (Å²) in [6.07, 6.45) is 1.15. The summed E-state index contributed by atoms with van der Waals surface area (Å²) < 4.78 is 4.67. The number of carbonyl (C=O) groups excluding carboxylic acids is 1. The van der Waals surface area contributed by atoms with Crippen molar-refractivity contribution >= 4 is 11.6 Å². The molecule has 0 aliphatic heterocycles. The third-order valence-electron chi connectivity index (χ3n) is 2.60. The zero-order chi connectivity index (χ0) is 13.7. The highest BCUT2D eigenvalue weighted by Crippen LogP contribution is 2.15.